The summed E-state index contributed by atoms with van der Waals surface area (Å²) in [5.41, 5.74) is 0. The van der Waals surface area contributed by atoms with Gasteiger partial charge in [0.1, 0.15) is 0 Å². The van der Waals surface area contributed by atoms with Gasteiger partial charge in [-0.1, -0.05) is 44.8 Å². The lowest BCUT2D eigenvalue weighted by Gasteiger charge is -1.97. The first-order chi connectivity index (χ1) is 7.06. The van der Waals surface area contributed by atoms with E-state index in [4.69, 9.17) is 0 Å². The lowest BCUT2D eigenvalue weighted by atomic mass is 10.1. The Morgan fingerprint density at radius 3 is 2.33 bits per heavy atom. The molecule has 0 fully saturated rings. The number of hydrogen-bond acceptors (Lipinski definition) is 3. The van der Waals surface area contributed by atoms with E-state index < -0.39 is 10.1 Å². The van der Waals surface area contributed by atoms with Crippen molar-refractivity contribution < 1.29 is 12.6 Å². The summed E-state index contributed by atoms with van der Waals surface area (Å²) in [6.07, 6.45) is 12.1. The zero-order chi connectivity index (χ0) is 11.6. The van der Waals surface area contributed by atoms with E-state index in [1.807, 2.05) is 6.08 Å². The Hall–Kier alpha value is -0.350. The van der Waals surface area contributed by atoms with Gasteiger partial charge in [-0.25, -0.2) is 0 Å². The highest BCUT2D eigenvalue weighted by atomic mass is 32.2. The van der Waals surface area contributed by atoms with Gasteiger partial charge in [-0.2, -0.15) is 8.42 Å². The van der Waals surface area contributed by atoms with Crippen LogP contribution in [0.4, 0.5) is 0 Å². The van der Waals surface area contributed by atoms with Gasteiger partial charge in [0.25, 0.3) is 10.1 Å². The molecule has 0 aromatic rings. The van der Waals surface area contributed by atoms with Crippen LogP contribution in [-0.2, 0) is 14.3 Å². The predicted octanol–water partition coefficient (Wildman–Crippen LogP) is 2.88. The maximum atomic E-state index is 10.6. The van der Waals surface area contributed by atoms with Gasteiger partial charge in [0.05, 0.1) is 12.9 Å². The SMILES string of the molecule is CCCCCCC/C=C/COS(C)(=O)=O. The number of unbranched alkanes of at least 4 members (excludes halogenated alkanes) is 5. The first-order valence-electron chi connectivity index (χ1n) is 5.55. The van der Waals surface area contributed by atoms with Crippen molar-refractivity contribution in [2.75, 3.05) is 12.9 Å². The van der Waals surface area contributed by atoms with Crippen LogP contribution in [0.15, 0.2) is 12.2 Å². The molecule has 0 aliphatic heterocycles. The minimum atomic E-state index is -3.28. The second-order valence-corrected chi connectivity index (χ2v) is 5.31. The molecule has 0 heterocycles. The third kappa shape index (κ3) is 13.7. The van der Waals surface area contributed by atoms with Crippen LogP contribution in [0.25, 0.3) is 0 Å². The van der Waals surface area contributed by atoms with E-state index in [-0.39, 0.29) is 6.61 Å². The van der Waals surface area contributed by atoms with Crippen LogP contribution >= 0.6 is 0 Å². The van der Waals surface area contributed by atoms with Crippen molar-refractivity contribution in [1.82, 2.24) is 0 Å². The Kier molecular flexibility index (Phi) is 8.71. The van der Waals surface area contributed by atoms with Gasteiger partial charge in [-0.15, -0.1) is 0 Å². The van der Waals surface area contributed by atoms with Crippen molar-refractivity contribution in [2.24, 2.45) is 0 Å². The van der Waals surface area contributed by atoms with Crippen molar-refractivity contribution in [1.29, 1.82) is 0 Å². The lowest BCUT2D eigenvalue weighted by molar-refractivity contribution is 0.361. The minimum absolute atomic E-state index is 0.161. The Bertz CT molecular complexity index is 255. The molecule has 0 aromatic carbocycles. The van der Waals surface area contributed by atoms with E-state index in [1.165, 1.54) is 32.1 Å². The highest BCUT2D eigenvalue weighted by Gasteiger charge is 1.96. The first-order valence-corrected chi connectivity index (χ1v) is 7.37. The van der Waals surface area contributed by atoms with E-state index >= 15 is 0 Å². The van der Waals surface area contributed by atoms with Gasteiger partial charge in [0, 0.05) is 0 Å². The highest BCUT2D eigenvalue weighted by molar-refractivity contribution is 7.85. The summed E-state index contributed by atoms with van der Waals surface area (Å²) < 4.78 is 25.7. The molecule has 0 aromatic heterocycles. The number of allylic oxidation sites excluding steroid dienone is 1. The normalized spacial score (nSPS) is 12.4. The monoisotopic (exact) mass is 234 g/mol. The topological polar surface area (TPSA) is 43.4 Å². The van der Waals surface area contributed by atoms with Crippen LogP contribution < -0.4 is 0 Å². The van der Waals surface area contributed by atoms with Gasteiger partial charge in [-0.05, 0) is 12.8 Å². The zero-order valence-electron chi connectivity index (χ0n) is 9.74. The molecule has 0 aliphatic rings. The van der Waals surface area contributed by atoms with Crippen LogP contribution in [0.5, 0.6) is 0 Å². The molecule has 0 saturated carbocycles. The van der Waals surface area contributed by atoms with Crippen molar-refractivity contribution in [3.05, 3.63) is 12.2 Å². The van der Waals surface area contributed by atoms with Gasteiger partial charge in [0.15, 0.2) is 0 Å². The summed E-state index contributed by atoms with van der Waals surface area (Å²) in [6, 6.07) is 0. The van der Waals surface area contributed by atoms with Crippen molar-refractivity contribution >= 4 is 10.1 Å². The second kappa shape index (κ2) is 8.92. The van der Waals surface area contributed by atoms with E-state index in [9.17, 15) is 8.42 Å². The number of hydrogen-bond donors (Lipinski definition) is 0. The molecular formula is C11H22O3S. The Balaban J connectivity index is 3.25. The predicted molar refractivity (Wildman–Crippen MR) is 63.3 cm³/mol. The van der Waals surface area contributed by atoms with E-state index in [0.717, 1.165) is 12.7 Å². The van der Waals surface area contributed by atoms with Crippen LogP contribution in [0.2, 0.25) is 0 Å². The van der Waals surface area contributed by atoms with Gasteiger partial charge >= 0.3 is 0 Å². The van der Waals surface area contributed by atoms with Crippen LogP contribution in [-0.4, -0.2) is 21.3 Å². The maximum Gasteiger partial charge on any atom is 0.264 e. The second-order valence-electron chi connectivity index (χ2n) is 3.66. The third-order valence-electron chi connectivity index (χ3n) is 2.02. The fourth-order valence-electron chi connectivity index (χ4n) is 1.21. The average Bonchev–Trinajstić information content (AvgIpc) is 2.14. The maximum absolute atomic E-state index is 10.6. The minimum Gasteiger partial charge on any atom is -0.266 e. The van der Waals surface area contributed by atoms with Crippen molar-refractivity contribution in [3.8, 4) is 0 Å². The fraction of sp³-hybridized carbons (Fsp3) is 0.818. The van der Waals surface area contributed by atoms with Crippen LogP contribution in [0.3, 0.4) is 0 Å². The van der Waals surface area contributed by atoms with Gasteiger partial charge in [0.2, 0.25) is 0 Å². The molecule has 0 N–H and O–H groups in total. The molecule has 0 atom stereocenters. The molecule has 0 aliphatic carbocycles. The quantitative estimate of drug-likeness (QED) is 0.350. The Morgan fingerprint density at radius 1 is 1.07 bits per heavy atom. The molecule has 3 nitrogen and oxygen atoms in total. The molecule has 15 heavy (non-hydrogen) atoms. The smallest absolute Gasteiger partial charge is 0.264 e. The molecule has 0 spiro atoms. The molecule has 0 rings (SSSR count). The molecule has 4 heteroatoms. The summed E-state index contributed by atoms with van der Waals surface area (Å²) in [4.78, 5) is 0. The van der Waals surface area contributed by atoms with Gasteiger partial charge in [-0.3, -0.25) is 4.18 Å². The molecule has 0 unspecified atom stereocenters. The summed E-state index contributed by atoms with van der Waals surface area (Å²) in [6.45, 7) is 2.36. The number of rotatable bonds is 9. The van der Waals surface area contributed by atoms with E-state index in [1.54, 1.807) is 6.08 Å². The molecule has 0 amide bonds. The van der Waals surface area contributed by atoms with Crippen molar-refractivity contribution in [3.63, 3.8) is 0 Å². The zero-order valence-corrected chi connectivity index (χ0v) is 10.6. The van der Waals surface area contributed by atoms with E-state index in [0.29, 0.717) is 0 Å². The van der Waals surface area contributed by atoms with Crippen molar-refractivity contribution in [2.45, 2.75) is 45.4 Å². The summed E-state index contributed by atoms with van der Waals surface area (Å²) >= 11 is 0. The summed E-state index contributed by atoms with van der Waals surface area (Å²) in [5, 5.41) is 0. The molecule has 0 saturated heterocycles. The lowest BCUT2D eigenvalue weighted by Crippen LogP contribution is -2.01. The van der Waals surface area contributed by atoms with Gasteiger partial charge < -0.3 is 0 Å². The van der Waals surface area contributed by atoms with E-state index in [2.05, 4.69) is 11.1 Å². The van der Waals surface area contributed by atoms with Crippen LogP contribution in [0.1, 0.15) is 45.4 Å². The fourth-order valence-corrected chi connectivity index (χ4v) is 1.54. The highest BCUT2D eigenvalue weighted by Crippen LogP contribution is 2.05. The Morgan fingerprint density at radius 2 is 1.73 bits per heavy atom. The molecule has 90 valence electrons. The third-order valence-corrected chi connectivity index (χ3v) is 2.58. The molecule has 0 bridgehead atoms. The Labute approximate surface area is 93.6 Å². The first kappa shape index (κ1) is 14.6. The largest absolute Gasteiger partial charge is 0.266 e. The molecule has 0 radical (unpaired) electrons. The van der Waals surface area contributed by atoms with Crippen LogP contribution in [0, 0.1) is 0 Å². The average molecular weight is 234 g/mol. The standard InChI is InChI=1S/C11H22O3S/c1-3-4-5-6-7-8-9-10-11-14-15(2,12)13/h9-10H,3-8,11H2,1-2H3/b10-9+. The summed E-state index contributed by atoms with van der Waals surface area (Å²) in [5.74, 6) is 0. The molecular weight excluding hydrogens is 212 g/mol. The summed E-state index contributed by atoms with van der Waals surface area (Å²) in [7, 11) is -3.28.